The van der Waals surface area contributed by atoms with Gasteiger partial charge in [-0.15, -0.1) is 0 Å². The molecule has 1 amide bonds. The van der Waals surface area contributed by atoms with E-state index in [0.29, 0.717) is 24.2 Å². The van der Waals surface area contributed by atoms with Gasteiger partial charge in [0.2, 0.25) is 0 Å². The molecule has 1 aliphatic carbocycles. The Morgan fingerprint density at radius 3 is 2.64 bits per heavy atom. The number of aromatic nitrogens is 1. The Kier molecular flexibility index (Phi) is 5.40. The number of aliphatic hydroxyl groups is 1. The number of hydrogen-bond donors (Lipinski definition) is 3. The third kappa shape index (κ3) is 3.40. The predicted molar refractivity (Wildman–Crippen MR) is 85.2 cm³/mol. The molecule has 0 saturated heterocycles. The quantitative estimate of drug-likeness (QED) is 0.706. The summed E-state index contributed by atoms with van der Waals surface area (Å²) in [5.74, 6) is -0.0532. The first-order valence-electron chi connectivity index (χ1n) is 8.14. The zero-order valence-electron chi connectivity index (χ0n) is 13.7. The minimum absolute atomic E-state index is 0.0116. The molecular weight excluding hydrogens is 280 g/mol. The van der Waals surface area contributed by atoms with Gasteiger partial charge in [-0.1, -0.05) is 19.8 Å². The molecule has 0 radical (unpaired) electrons. The van der Waals surface area contributed by atoms with E-state index in [1.807, 2.05) is 13.8 Å². The van der Waals surface area contributed by atoms with E-state index in [0.717, 1.165) is 36.9 Å². The van der Waals surface area contributed by atoms with Crippen LogP contribution >= 0.6 is 0 Å². The molecule has 22 heavy (non-hydrogen) atoms. The summed E-state index contributed by atoms with van der Waals surface area (Å²) in [4.78, 5) is 27.4. The van der Waals surface area contributed by atoms with Crippen molar-refractivity contribution in [2.24, 2.45) is 5.92 Å². The van der Waals surface area contributed by atoms with Gasteiger partial charge in [0.25, 0.3) is 5.91 Å². The van der Waals surface area contributed by atoms with Crippen LogP contribution in [-0.2, 0) is 6.42 Å². The molecule has 1 heterocycles. The number of amides is 1. The lowest BCUT2D eigenvalue weighted by molar-refractivity contribution is 0.0911. The molecule has 5 heteroatoms. The molecule has 2 rings (SSSR count). The molecule has 122 valence electrons. The summed E-state index contributed by atoms with van der Waals surface area (Å²) in [6.45, 7) is 5.88. The highest BCUT2D eigenvalue weighted by molar-refractivity contribution is 6.02. The van der Waals surface area contributed by atoms with Crippen LogP contribution in [0.1, 0.15) is 71.6 Å². The molecule has 0 aromatic carbocycles. The van der Waals surface area contributed by atoms with Crippen molar-refractivity contribution in [1.29, 1.82) is 0 Å². The predicted octanol–water partition coefficient (Wildman–Crippen LogP) is 2.37. The Bertz CT molecular complexity index is 562. The number of aromatic amines is 1. The second kappa shape index (κ2) is 7.09. The molecular formula is C17H26N2O3. The van der Waals surface area contributed by atoms with Gasteiger partial charge in [-0.3, -0.25) is 9.59 Å². The molecule has 0 bridgehead atoms. The van der Waals surface area contributed by atoms with E-state index in [4.69, 9.17) is 0 Å². The second-order valence-electron chi connectivity index (χ2n) is 6.25. The van der Waals surface area contributed by atoms with Crippen LogP contribution in [0, 0.1) is 12.8 Å². The largest absolute Gasteiger partial charge is 0.393 e. The van der Waals surface area contributed by atoms with Gasteiger partial charge >= 0.3 is 0 Å². The van der Waals surface area contributed by atoms with Crippen LogP contribution in [0.5, 0.6) is 0 Å². The lowest BCUT2D eigenvalue weighted by Gasteiger charge is -2.15. The molecule has 1 saturated carbocycles. The standard InChI is InChI=1S/C17H26N2O3/c1-4-6-13-15(11(3)20)10(2)19-16(13)17(22)18-9-12-7-5-8-14(12)21/h12,14,19,21H,4-9H2,1-3H3,(H,18,22). The molecule has 2 atom stereocenters. The van der Waals surface area contributed by atoms with Crippen molar-refractivity contribution < 1.29 is 14.7 Å². The number of aliphatic hydroxyl groups excluding tert-OH is 1. The number of rotatable bonds is 6. The molecule has 2 unspecified atom stereocenters. The normalized spacial score (nSPS) is 21.1. The summed E-state index contributed by atoms with van der Waals surface area (Å²) in [5.41, 5.74) is 2.71. The van der Waals surface area contributed by atoms with Crippen molar-refractivity contribution in [3.63, 3.8) is 0 Å². The third-order valence-electron chi connectivity index (χ3n) is 4.51. The van der Waals surface area contributed by atoms with E-state index in [1.165, 1.54) is 6.92 Å². The summed E-state index contributed by atoms with van der Waals surface area (Å²) < 4.78 is 0. The number of carbonyl (C=O) groups is 2. The minimum Gasteiger partial charge on any atom is -0.393 e. The van der Waals surface area contributed by atoms with Gasteiger partial charge in [0.15, 0.2) is 5.78 Å². The van der Waals surface area contributed by atoms with Crippen LogP contribution in [0.15, 0.2) is 0 Å². The number of hydrogen-bond acceptors (Lipinski definition) is 3. The Labute approximate surface area is 131 Å². The lowest BCUT2D eigenvalue weighted by atomic mass is 10.0. The van der Waals surface area contributed by atoms with Gasteiger partial charge in [0, 0.05) is 23.7 Å². The number of carbonyl (C=O) groups excluding carboxylic acids is 2. The van der Waals surface area contributed by atoms with Crippen molar-refractivity contribution in [3.8, 4) is 0 Å². The fourth-order valence-corrected chi connectivity index (χ4v) is 3.41. The lowest BCUT2D eigenvalue weighted by Crippen LogP contribution is -2.33. The van der Waals surface area contributed by atoms with Crippen LogP contribution < -0.4 is 5.32 Å². The average molecular weight is 306 g/mol. The van der Waals surface area contributed by atoms with Gasteiger partial charge in [-0.05, 0) is 38.7 Å². The van der Waals surface area contributed by atoms with E-state index in [9.17, 15) is 14.7 Å². The Morgan fingerprint density at radius 1 is 1.36 bits per heavy atom. The van der Waals surface area contributed by atoms with E-state index in [-0.39, 0.29) is 23.7 Å². The fourth-order valence-electron chi connectivity index (χ4n) is 3.41. The second-order valence-corrected chi connectivity index (χ2v) is 6.25. The SMILES string of the molecule is CCCc1c(C(=O)NCC2CCCC2O)[nH]c(C)c1C(C)=O. The van der Waals surface area contributed by atoms with E-state index in [1.54, 1.807) is 0 Å². The Hall–Kier alpha value is -1.62. The monoisotopic (exact) mass is 306 g/mol. The van der Waals surface area contributed by atoms with E-state index >= 15 is 0 Å². The van der Waals surface area contributed by atoms with Gasteiger partial charge < -0.3 is 15.4 Å². The average Bonchev–Trinajstić information content (AvgIpc) is 3.00. The van der Waals surface area contributed by atoms with Gasteiger partial charge in [-0.2, -0.15) is 0 Å². The summed E-state index contributed by atoms with van der Waals surface area (Å²) in [7, 11) is 0. The van der Waals surface area contributed by atoms with Crippen molar-refractivity contribution in [2.45, 2.75) is 59.0 Å². The van der Waals surface area contributed by atoms with Crippen LogP contribution in [-0.4, -0.2) is 34.4 Å². The number of Topliss-reactive ketones (excluding diaryl/α,β-unsaturated/α-hetero) is 1. The van der Waals surface area contributed by atoms with Crippen molar-refractivity contribution in [3.05, 3.63) is 22.5 Å². The molecule has 0 spiro atoms. The fraction of sp³-hybridized carbons (Fsp3) is 0.647. The van der Waals surface area contributed by atoms with E-state index < -0.39 is 0 Å². The zero-order valence-corrected chi connectivity index (χ0v) is 13.7. The topological polar surface area (TPSA) is 82.2 Å². The summed E-state index contributed by atoms with van der Waals surface area (Å²) in [6, 6.07) is 0. The highest BCUT2D eigenvalue weighted by Crippen LogP contribution is 2.25. The first kappa shape index (κ1) is 16.7. The van der Waals surface area contributed by atoms with E-state index in [2.05, 4.69) is 10.3 Å². The first-order valence-corrected chi connectivity index (χ1v) is 8.14. The molecule has 0 aliphatic heterocycles. The smallest absolute Gasteiger partial charge is 0.268 e. The van der Waals surface area contributed by atoms with Gasteiger partial charge in [-0.25, -0.2) is 0 Å². The molecule has 3 N–H and O–H groups in total. The maximum Gasteiger partial charge on any atom is 0.268 e. The molecule has 5 nitrogen and oxygen atoms in total. The van der Waals surface area contributed by atoms with Crippen molar-refractivity contribution >= 4 is 11.7 Å². The summed E-state index contributed by atoms with van der Waals surface area (Å²) >= 11 is 0. The minimum atomic E-state index is -0.312. The number of aryl methyl sites for hydroxylation is 1. The number of ketones is 1. The highest BCUT2D eigenvalue weighted by Gasteiger charge is 2.27. The summed E-state index contributed by atoms with van der Waals surface area (Å²) in [5, 5.41) is 12.7. The zero-order chi connectivity index (χ0) is 16.3. The highest BCUT2D eigenvalue weighted by atomic mass is 16.3. The number of nitrogens with one attached hydrogen (secondary N) is 2. The van der Waals surface area contributed by atoms with Crippen LogP contribution in [0.25, 0.3) is 0 Å². The Morgan fingerprint density at radius 2 is 2.09 bits per heavy atom. The third-order valence-corrected chi connectivity index (χ3v) is 4.51. The number of H-pyrrole nitrogens is 1. The first-order chi connectivity index (χ1) is 10.5. The van der Waals surface area contributed by atoms with Crippen LogP contribution in [0.3, 0.4) is 0 Å². The molecule has 1 fully saturated rings. The molecule has 1 aliphatic rings. The van der Waals surface area contributed by atoms with Gasteiger partial charge in [0.05, 0.1) is 6.10 Å². The maximum absolute atomic E-state index is 12.5. The van der Waals surface area contributed by atoms with Crippen molar-refractivity contribution in [2.75, 3.05) is 6.54 Å². The Balaban J connectivity index is 2.14. The molecule has 1 aromatic heterocycles. The van der Waals surface area contributed by atoms with Crippen molar-refractivity contribution in [1.82, 2.24) is 10.3 Å². The molecule has 1 aromatic rings. The van der Waals surface area contributed by atoms with Gasteiger partial charge in [0.1, 0.15) is 5.69 Å². The summed E-state index contributed by atoms with van der Waals surface area (Å²) in [6.07, 6.45) is 4.05. The maximum atomic E-state index is 12.5. The van der Waals surface area contributed by atoms with Crippen LogP contribution in [0.4, 0.5) is 0 Å². The van der Waals surface area contributed by atoms with Crippen LogP contribution in [0.2, 0.25) is 0 Å².